The molecule has 6 rings (SSSR count). The summed E-state index contributed by atoms with van der Waals surface area (Å²) < 4.78 is 42.5. The van der Waals surface area contributed by atoms with Gasteiger partial charge in [0, 0.05) is 25.1 Å². The Labute approximate surface area is 213 Å². The predicted molar refractivity (Wildman–Crippen MR) is 135 cm³/mol. The molecule has 0 radical (unpaired) electrons. The normalized spacial score (nSPS) is 16.8. The topological polar surface area (TPSA) is 129 Å². The summed E-state index contributed by atoms with van der Waals surface area (Å²) in [4.78, 5) is 13.0. The fourth-order valence-electron chi connectivity index (χ4n) is 5.17. The second-order valence-corrected chi connectivity index (χ2v) is 10.9. The van der Waals surface area contributed by atoms with Crippen LogP contribution < -0.4 is 14.8 Å². The van der Waals surface area contributed by atoms with E-state index in [1.807, 2.05) is 31.3 Å². The molecule has 11 nitrogen and oxygen atoms in total. The van der Waals surface area contributed by atoms with Crippen molar-refractivity contribution < 1.29 is 22.7 Å². The molecule has 0 fully saturated rings. The summed E-state index contributed by atoms with van der Waals surface area (Å²) in [5, 5.41) is 11.2. The molecule has 2 aliphatic rings. The lowest BCUT2D eigenvalue weighted by molar-refractivity contribution is 0.0165. The van der Waals surface area contributed by atoms with Crippen molar-refractivity contribution in [3.8, 4) is 17.0 Å². The molecule has 1 aliphatic heterocycles. The van der Waals surface area contributed by atoms with Crippen molar-refractivity contribution in [1.29, 1.82) is 0 Å². The summed E-state index contributed by atoms with van der Waals surface area (Å²) in [6, 6.07) is 7.15. The number of nitrogens with zero attached hydrogens (tertiary/aromatic N) is 4. The molecule has 1 atom stereocenters. The first-order valence-electron chi connectivity index (χ1n) is 12.0. The molecular formula is C25H26N6O5S. The minimum absolute atomic E-state index is 0.0832. The maximum Gasteiger partial charge on any atom is 0.333 e. The van der Waals surface area contributed by atoms with E-state index in [1.165, 1.54) is 10.9 Å². The highest BCUT2D eigenvalue weighted by molar-refractivity contribution is 7.90. The highest BCUT2D eigenvalue weighted by Crippen LogP contribution is 2.40. The van der Waals surface area contributed by atoms with Gasteiger partial charge in [-0.05, 0) is 66.6 Å². The number of ether oxygens (including phenoxy) is 2. The number of hydrogen-bond donors (Lipinski definition) is 2. The Bertz CT molecular complexity index is 1640. The van der Waals surface area contributed by atoms with Gasteiger partial charge in [-0.1, -0.05) is 6.07 Å². The molecule has 0 saturated carbocycles. The molecule has 3 aromatic heterocycles. The quantitative estimate of drug-likeness (QED) is 0.412. The SMILES string of the molecule is CO[C@@H]1COc2c(S(=O)(=O)NC(=O)Nc3c4c(cc(C)c3-c3ccn5nccc5c3)CCC4)cnn2C1. The van der Waals surface area contributed by atoms with Gasteiger partial charge in [-0.2, -0.15) is 10.2 Å². The molecule has 37 heavy (non-hydrogen) atoms. The van der Waals surface area contributed by atoms with E-state index in [0.29, 0.717) is 12.2 Å². The summed E-state index contributed by atoms with van der Waals surface area (Å²) in [5.41, 5.74) is 6.49. The standard InChI is InChI=1S/C25H26N6O5S/c1-15-10-16-4-3-5-20(16)23(22(15)17-7-9-30-18(11-17)6-8-26-30)28-25(32)29-37(33,34)21-12-27-31-13-19(35-2)14-36-24(21)31/h6-12,19H,3-5,13-14H2,1-2H3,(H2,28,29,32)/t19-/m0/s1. The van der Waals surface area contributed by atoms with E-state index in [2.05, 4.69) is 26.3 Å². The molecule has 4 aromatic rings. The number of rotatable bonds is 5. The average molecular weight is 523 g/mol. The lowest BCUT2D eigenvalue weighted by Crippen LogP contribution is -2.36. The molecule has 0 unspecified atom stereocenters. The Morgan fingerprint density at radius 1 is 1.22 bits per heavy atom. The zero-order valence-electron chi connectivity index (χ0n) is 20.4. The number of methoxy groups -OCH3 is 1. The Balaban J connectivity index is 1.33. The molecule has 4 heterocycles. The van der Waals surface area contributed by atoms with E-state index in [-0.39, 0.29) is 23.5 Å². The van der Waals surface area contributed by atoms with Crippen LogP contribution in [0.4, 0.5) is 10.5 Å². The highest BCUT2D eigenvalue weighted by Gasteiger charge is 2.31. The molecule has 192 valence electrons. The van der Waals surface area contributed by atoms with E-state index < -0.39 is 16.1 Å². The van der Waals surface area contributed by atoms with E-state index in [9.17, 15) is 13.2 Å². The molecule has 2 N–H and O–H groups in total. The summed E-state index contributed by atoms with van der Waals surface area (Å²) in [6.07, 6.45) is 7.21. The number of aromatic nitrogens is 4. The van der Waals surface area contributed by atoms with Gasteiger partial charge < -0.3 is 14.8 Å². The molecule has 1 aromatic carbocycles. The number of anilines is 1. The monoisotopic (exact) mass is 522 g/mol. The maximum absolute atomic E-state index is 13.2. The van der Waals surface area contributed by atoms with E-state index in [0.717, 1.165) is 52.6 Å². The van der Waals surface area contributed by atoms with Crippen LogP contribution in [-0.4, -0.2) is 53.7 Å². The molecule has 12 heteroatoms. The van der Waals surface area contributed by atoms with Gasteiger partial charge in [-0.25, -0.2) is 27.1 Å². The second-order valence-electron chi connectivity index (χ2n) is 9.28. The number of sulfonamides is 1. The summed E-state index contributed by atoms with van der Waals surface area (Å²) in [5.74, 6) is 0.0832. The lowest BCUT2D eigenvalue weighted by Gasteiger charge is -2.23. The highest BCUT2D eigenvalue weighted by atomic mass is 32.2. The van der Waals surface area contributed by atoms with Crippen molar-refractivity contribution in [2.45, 2.75) is 43.7 Å². The van der Waals surface area contributed by atoms with Crippen molar-refractivity contribution in [3.05, 3.63) is 59.5 Å². The van der Waals surface area contributed by atoms with Crippen molar-refractivity contribution in [2.75, 3.05) is 19.0 Å². The summed E-state index contributed by atoms with van der Waals surface area (Å²) in [6.45, 7) is 2.54. The Hall–Kier alpha value is -3.90. The Kier molecular flexibility index (Phi) is 5.64. The maximum atomic E-state index is 13.2. The van der Waals surface area contributed by atoms with Crippen molar-refractivity contribution in [1.82, 2.24) is 24.1 Å². The first-order chi connectivity index (χ1) is 17.8. The van der Waals surface area contributed by atoms with Gasteiger partial charge in [0.1, 0.15) is 12.7 Å². The van der Waals surface area contributed by atoms with Crippen molar-refractivity contribution >= 4 is 27.3 Å². The largest absolute Gasteiger partial charge is 0.474 e. The van der Waals surface area contributed by atoms with Gasteiger partial charge in [-0.3, -0.25) is 0 Å². The average Bonchev–Trinajstić information content (AvgIpc) is 3.62. The first kappa shape index (κ1) is 23.5. The number of amides is 2. The van der Waals surface area contributed by atoms with E-state index >= 15 is 0 Å². The zero-order chi connectivity index (χ0) is 25.7. The van der Waals surface area contributed by atoms with Crippen LogP contribution in [0, 0.1) is 6.92 Å². The molecule has 0 spiro atoms. The van der Waals surface area contributed by atoms with Crippen LogP contribution in [0.25, 0.3) is 16.6 Å². The third kappa shape index (κ3) is 4.11. The van der Waals surface area contributed by atoms with E-state index in [4.69, 9.17) is 9.47 Å². The van der Waals surface area contributed by atoms with E-state index in [1.54, 1.807) is 17.8 Å². The lowest BCUT2D eigenvalue weighted by atomic mass is 9.93. The first-order valence-corrected chi connectivity index (χ1v) is 13.5. The fourth-order valence-corrected chi connectivity index (χ4v) is 6.16. The molecule has 0 bridgehead atoms. The number of benzene rings is 1. The smallest absolute Gasteiger partial charge is 0.333 e. The minimum Gasteiger partial charge on any atom is -0.474 e. The van der Waals surface area contributed by atoms with Gasteiger partial charge in [0.25, 0.3) is 10.0 Å². The number of pyridine rings is 1. The number of carbonyl (C=O) groups excluding carboxylic acids is 1. The minimum atomic E-state index is -4.25. The van der Waals surface area contributed by atoms with Crippen LogP contribution in [0.15, 0.2) is 47.8 Å². The second kappa shape index (κ2) is 8.89. The van der Waals surface area contributed by atoms with Crippen LogP contribution in [0.5, 0.6) is 5.88 Å². The summed E-state index contributed by atoms with van der Waals surface area (Å²) in [7, 11) is -2.70. The van der Waals surface area contributed by atoms with Crippen LogP contribution in [-0.2, 0) is 34.1 Å². The number of carbonyl (C=O) groups is 1. The Morgan fingerprint density at radius 2 is 2.08 bits per heavy atom. The number of aryl methyl sites for hydroxylation is 2. The van der Waals surface area contributed by atoms with Crippen molar-refractivity contribution in [3.63, 3.8) is 0 Å². The number of nitrogens with one attached hydrogen (secondary N) is 2. The number of hydrogen-bond acceptors (Lipinski definition) is 7. The van der Waals surface area contributed by atoms with Crippen LogP contribution in [0.1, 0.15) is 23.1 Å². The Morgan fingerprint density at radius 3 is 2.92 bits per heavy atom. The van der Waals surface area contributed by atoms with Gasteiger partial charge in [0.15, 0.2) is 4.90 Å². The fraction of sp³-hybridized carbons (Fsp3) is 0.320. The van der Waals surface area contributed by atoms with Crippen LogP contribution >= 0.6 is 0 Å². The van der Waals surface area contributed by atoms with Crippen LogP contribution in [0.3, 0.4) is 0 Å². The van der Waals surface area contributed by atoms with Crippen molar-refractivity contribution in [2.24, 2.45) is 0 Å². The molecular weight excluding hydrogens is 496 g/mol. The number of urea groups is 1. The van der Waals surface area contributed by atoms with Gasteiger partial charge in [-0.15, -0.1) is 0 Å². The third-order valence-electron chi connectivity index (χ3n) is 6.92. The van der Waals surface area contributed by atoms with Gasteiger partial charge in [0.05, 0.1) is 23.9 Å². The predicted octanol–water partition coefficient (Wildman–Crippen LogP) is 2.91. The molecule has 0 saturated heterocycles. The molecule has 1 aliphatic carbocycles. The third-order valence-corrected chi connectivity index (χ3v) is 8.23. The zero-order valence-corrected chi connectivity index (χ0v) is 21.2. The number of fused-ring (bicyclic) bond motifs is 3. The summed E-state index contributed by atoms with van der Waals surface area (Å²) >= 11 is 0. The van der Waals surface area contributed by atoms with Gasteiger partial charge >= 0.3 is 6.03 Å². The molecule has 2 amide bonds. The van der Waals surface area contributed by atoms with Gasteiger partial charge in [0.2, 0.25) is 5.88 Å². The van der Waals surface area contributed by atoms with Crippen LogP contribution in [0.2, 0.25) is 0 Å².